The quantitative estimate of drug-likeness (QED) is 0.908. The zero-order chi connectivity index (χ0) is 17.1. The Hall–Kier alpha value is -2.11. The molecule has 0 saturated heterocycles. The molecule has 1 fully saturated rings. The van der Waals surface area contributed by atoms with Gasteiger partial charge in [0.1, 0.15) is 0 Å². The van der Waals surface area contributed by atoms with Gasteiger partial charge in [0.2, 0.25) is 5.91 Å². The maximum atomic E-state index is 13.7. The molecule has 1 amide bonds. The Morgan fingerprint density at radius 3 is 2.50 bits per heavy atom. The number of aryl methyl sites for hydroxylation is 2. The van der Waals surface area contributed by atoms with E-state index < -0.39 is 17.5 Å². The summed E-state index contributed by atoms with van der Waals surface area (Å²) in [6.45, 7) is 0. The number of nitrogens with two attached hydrogens (primary N) is 1. The van der Waals surface area contributed by atoms with Crippen molar-refractivity contribution in [3.05, 3.63) is 40.6 Å². The highest BCUT2D eigenvalue weighted by Crippen LogP contribution is 2.61. The van der Waals surface area contributed by atoms with Gasteiger partial charge >= 0.3 is 6.18 Å². The Morgan fingerprint density at radius 2 is 1.88 bits per heavy atom. The minimum Gasteiger partial charge on any atom is -0.366 e. The molecule has 2 aliphatic rings. The lowest BCUT2D eigenvalue weighted by atomic mass is 9.85. The summed E-state index contributed by atoms with van der Waals surface area (Å²) < 4.78 is 41.2. The number of pyridine rings is 1. The van der Waals surface area contributed by atoms with Crippen molar-refractivity contribution in [2.24, 2.45) is 5.73 Å². The van der Waals surface area contributed by atoms with Gasteiger partial charge in [-0.3, -0.25) is 9.78 Å². The molecule has 0 unspecified atom stereocenters. The normalized spacial score (nSPS) is 19.1. The van der Waals surface area contributed by atoms with Gasteiger partial charge in [0.25, 0.3) is 0 Å². The molecule has 126 valence electrons. The lowest BCUT2D eigenvalue weighted by Crippen LogP contribution is -2.32. The van der Waals surface area contributed by atoms with E-state index in [0.717, 1.165) is 36.9 Å². The summed E-state index contributed by atoms with van der Waals surface area (Å²) in [7, 11) is 0. The molecule has 0 spiro atoms. The van der Waals surface area contributed by atoms with Gasteiger partial charge in [-0.1, -0.05) is 0 Å². The first-order valence-corrected chi connectivity index (χ1v) is 8.16. The molecule has 3 nitrogen and oxygen atoms in total. The lowest BCUT2D eigenvalue weighted by Gasteiger charge is -2.25. The molecule has 1 heterocycles. The third-order valence-corrected chi connectivity index (χ3v) is 5.31. The predicted octanol–water partition coefficient (Wildman–Crippen LogP) is 3.81. The van der Waals surface area contributed by atoms with Crippen LogP contribution in [0.1, 0.15) is 52.9 Å². The van der Waals surface area contributed by atoms with Crippen LogP contribution >= 0.6 is 0 Å². The number of hydrogen-bond acceptors (Lipinski definition) is 2. The fraction of sp³-hybridized carbons (Fsp3) is 0.444. The van der Waals surface area contributed by atoms with Crippen molar-refractivity contribution in [2.45, 2.75) is 50.1 Å². The van der Waals surface area contributed by atoms with E-state index in [1.54, 1.807) is 6.07 Å². The average molecular weight is 334 g/mol. The Bertz CT molecular complexity index is 853. The van der Waals surface area contributed by atoms with E-state index in [9.17, 15) is 18.0 Å². The van der Waals surface area contributed by atoms with Gasteiger partial charge in [-0.2, -0.15) is 13.2 Å². The van der Waals surface area contributed by atoms with Crippen LogP contribution in [0.3, 0.4) is 0 Å². The summed E-state index contributed by atoms with van der Waals surface area (Å²) in [4.78, 5) is 16.4. The molecular formula is C18H17F3N2O. The van der Waals surface area contributed by atoms with Gasteiger partial charge in [0.05, 0.1) is 10.9 Å². The molecule has 6 heteroatoms. The summed E-state index contributed by atoms with van der Waals surface area (Å²) >= 11 is 0. The SMILES string of the molecule is NC(=O)c1ccc2nc3c(cc2c1C1(C(F)(F)F)CC1)CCCC3. The fourth-order valence-corrected chi connectivity index (χ4v) is 3.89. The second kappa shape index (κ2) is 4.94. The maximum absolute atomic E-state index is 13.7. The third kappa shape index (κ3) is 2.12. The molecule has 4 rings (SSSR count). The number of rotatable bonds is 2. The second-order valence-electron chi connectivity index (χ2n) is 6.80. The third-order valence-electron chi connectivity index (χ3n) is 5.31. The number of carbonyl (C=O) groups excluding carboxylic acids is 1. The largest absolute Gasteiger partial charge is 0.398 e. The highest BCUT2D eigenvalue weighted by molar-refractivity contribution is 6.01. The number of alkyl halides is 3. The van der Waals surface area contributed by atoms with Gasteiger partial charge in [-0.15, -0.1) is 0 Å². The van der Waals surface area contributed by atoms with Crippen molar-refractivity contribution in [3.8, 4) is 0 Å². The molecule has 0 aliphatic heterocycles. The molecule has 2 N–H and O–H groups in total. The molecule has 1 aromatic carbocycles. The van der Waals surface area contributed by atoms with Gasteiger partial charge < -0.3 is 5.73 Å². The molecule has 2 aromatic rings. The molecule has 0 radical (unpaired) electrons. The molecule has 1 aromatic heterocycles. The van der Waals surface area contributed by atoms with Gasteiger partial charge in [-0.25, -0.2) is 0 Å². The van der Waals surface area contributed by atoms with Crippen molar-refractivity contribution in [1.82, 2.24) is 4.98 Å². The van der Waals surface area contributed by atoms with Crippen LogP contribution in [-0.4, -0.2) is 17.1 Å². The van der Waals surface area contributed by atoms with E-state index in [-0.39, 0.29) is 24.0 Å². The number of halogens is 3. The zero-order valence-electron chi connectivity index (χ0n) is 13.0. The van der Waals surface area contributed by atoms with Crippen LogP contribution in [0.2, 0.25) is 0 Å². The zero-order valence-corrected chi connectivity index (χ0v) is 13.0. The molecule has 0 bridgehead atoms. The summed E-state index contributed by atoms with van der Waals surface area (Å²) in [6.07, 6.45) is -0.693. The average Bonchev–Trinajstić information content (AvgIpc) is 3.33. The van der Waals surface area contributed by atoms with Crippen LogP contribution in [0.25, 0.3) is 10.9 Å². The standard InChI is InChI=1S/C18H17F3N2O/c19-18(20,21)17(7-8-17)15-11(16(22)24)5-6-14-12(15)9-10-3-1-2-4-13(10)23-14/h5-6,9H,1-4,7-8H2,(H2,22,24). The Labute approximate surface area is 137 Å². The lowest BCUT2D eigenvalue weighted by molar-refractivity contribution is -0.160. The first-order chi connectivity index (χ1) is 11.3. The molecular weight excluding hydrogens is 317 g/mol. The van der Waals surface area contributed by atoms with Crippen LogP contribution < -0.4 is 5.73 Å². The van der Waals surface area contributed by atoms with Crippen molar-refractivity contribution >= 4 is 16.8 Å². The number of amides is 1. The minimum atomic E-state index is -4.40. The fourth-order valence-electron chi connectivity index (χ4n) is 3.89. The van der Waals surface area contributed by atoms with Crippen molar-refractivity contribution in [3.63, 3.8) is 0 Å². The molecule has 24 heavy (non-hydrogen) atoms. The molecule has 2 aliphatic carbocycles. The highest BCUT2D eigenvalue weighted by atomic mass is 19.4. The number of primary amides is 1. The van der Waals surface area contributed by atoms with Crippen LogP contribution in [0.5, 0.6) is 0 Å². The van der Waals surface area contributed by atoms with E-state index >= 15 is 0 Å². The Balaban J connectivity index is 2.05. The monoisotopic (exact) mass is 334 g/mol. The van der Waals surface area contributed by atoms with Crippen molar-refractivity contribution < 1.29 is 18.0 Å². The summed E-state index contributed by atoms with van der Waals surface area (Å²) in [5.74, 6) is -0.819. The molecule has 0 atom stereocenters. The second-order valence-corrected chi connectivity index (χ2v) is 6.80. The number of benzene rings is 1. The minimum absolute atomic E-state index is 0.00697. The van der Waals surface area contributed by atoms with E-state index in [0.29, 0.717) is 10.9 Å². The first kappa shape index (κ1) is 15.4. The number of nitrogens with zero attached hydrogens (tertiary/aromatic N) is 1. The van der Waals surface area contributed by atoms with Crippen LogP contribution in [0, 0.1) is 0 Å². The van der Waals surface area contributed by atoms with Crippen LogP contribution in [0.4, 0.5) is 13.2 Å². The van der Waals surface area contributed by atoms with E-state index in [1.165, 1.54) is 6.07 Å². The Kier molecular flexibility index (Phi) is 3.18. The topological polar surface area (TPSA) is 56.0 Å². The van der Waals surface area contributed by atoms with Crippen molar-refractivity contribution in [1.29, 1.82) is 0 Å². The first-order valence-electron chi connectivity index (χ1n) is 8.16. The smallest absolute Gasteiger partial charge is 0.366 e. The summed E-state index contributed by atoms with van der Waals surface area (Å²) in [5, 5.41) is 0.432. The molecule has 1 saturated carbocycles. The van der Waals surface area contributed by atoms with Crippen molar-refractivity contribution in [2.75, 3.05) is 0 Å². The highest BCUT2D eigenvalue weighted by Gasteiger charge is 2.65. The van der Waals surface area contributed by atoms with Gasteiger partial charge in [0, 0.05) is 16.6 Å². The van der Waals surface area contributed by atoms with Gasteiger partial charge in [0.15, 0.2) is 0 Å². The van der Waals surface area contributed by atoms with Gasteiger partial charge in [-0.05, 0) is 67.9 Å². The Morgan fingerprint density at radius 1 is 1.17 bits per heavy atom. The summed E-state index contributed by atoms with van der Waals surface area (Å²) in [6, 6.07) is 4.82. The van der Waals surface area contributed by atoms with E-state index in [2.05, 4.69) is 4.98 Å². The number of fused-ring (bicyclic) bond motifs is 2. The van der Waals surface area contributed by atoms with Crippen LogP contribution in [-0.2, 0) is 18.3 Å². The van der Waals surface area contributed by atoms with E-state index in [1.807, 2.05) is 6.07 Å². The number of hydrogen-bond donors (Lipinski definition) is 1. The maximum Gasteiger partial charge on any atom is 0.398 e. The number of aromatic nitrogens is 1. The summed E-state index contributed by atoms with van der Waals surface area (Å²) in [5.41, 5.74) is 5.90. The van der Waals surface area contributed by atoms with E-state index in [4.69, 9.17) is 5.73 Å². The predicted molar refractivity (Wildman–Crippen MR) is 83.9 cm³/mol. The number of carbonyl (C=O) groups is 1. The van der Waals surface area contributed by atoms with Crippen LogP contribution in [0.15, 0.2) is 18.2 Å².